The molecule has 0 unspecified atom stereocenters. The Labute approximate surface area is 142 Å². The van der Waals surface area contributed by atoms with Crippen molar-refractivity contribution in [2.75, 3.05) is 11.1 Å². The van der Waals surface area contributed by atoms with E-state index in [0.29, 0.717) is 0 Å². The summed E-state index contributed by atoms with van der Waals surface area (Å²) in [5.74, 6) is -0.997. The van der Waals surface area contributed by atoms with E-state index < -0.39 is 11.5 Å². The molecule has 0 atom stereocenters. The Morgan fingerprint density at radius 2 is 1.88 bits per heavy atom. The van der Waals surface area contributed by atoms with E-state index >= 15 is 0 Å². The molecule has 0 spiro atoms. The van der Waals surface area contributed by atoms with Gasteiger partial charge in [0.1, 0.15) is 11.5 Å². The van der Waals surface area contributed by atoms with E-state index in [9.17, 15) is 14.0 Å². The van der Waals surface area contributed by atoms with Crippen molar-refractivity contribution in [1.29, 1.82) is 0 Å². The number of benzene rings is 1. The molecule has 0 aliphatic heterocycles. The summed E-state index contributed by atoms with van der Waals surface area (Å²) in [5.41, 5.74) is 5.99. The maximum atomic E-state index is 13.0. The van der Waals surface area contributed by atoms with Crippen LogP contribution in [0.5, 0.6) is 0 Å². The summed E-state index contributed by atoms with van der Waals surface area (Å²) in [6.07, 6.45) is 4.28. The maximum Gasteiger partial charge on any atom is 0.278 e. The zero-order chi connectivity index (χ0) is 17.8. The van der Waals surface area contributed by atoms with Crippen LogP contribution in [0.3, 0.4) is 0 Å². The van der Waals surface area contributed by atoms with E-state index in [2.05, 4.69) is 15.3 Å². The van der Waals surface area contributed by atoms with Gasteiger partial charge in [0.15, 0.2) is 11.5 Å². The summed E-state index contributed by atoms with van der Waals surface area (Å²) in [5, 5.41) is 2.49. The van der Waals surface area contributed by atoms with Crippen molar-refractivity contribution in [2.45, 2.75) is 6.54 Å². The van der Waals surface area contributed by atoms with Crippen LogP contribution in [-0.4, -0.2) is 20.4 Å². The Balaban J connectivity index is 1.84. The third-order valence-corrected chi connectivity index (χ3v) is 3.48. The normalized spacial score (nSPS) is 10.4. The molecule has 3 rings (SSSR count). The van der Waals surface area contributed by atoms with Crippen LogP contribution in [0.1, 0.15) is 16.1 Å². The van der Waals surface area contributed by atoms with E-state index in [4.69, 9.17) is 5.73 Å². The lowest BCUT2D eigenvalue weighted by molar-refractivity contribution is 0.102. The molecule has 0 bridgehead atoms. The monoisotopic (exact) mass is 339 g/mol. The molecule has 0 saturated heterocycles. The molecule has 1 aromatic carbocycles. The van der Waals surface area contributed by atoms with E-state index in [1.54, 1.807) is 24.4 Å². The minimum atomic E-state index is -0.623. The maximum absolute atomic E-state index is 13.0. The number of nitrogens with zero attached hydrogens (tertiary/aromatic N) is 3. The van der Waals surface area contributed by atoms with E-state index in [-0.39, 0.29) is 29.6 Å². The molecule has 0 fully saturated rings. The molecule has 7 nitrogen and oxygen atoms in total. The average Bonchev–Trinajstić information content (AvgIpc) is 2.60. The van der Waals surface area contributed by atoms with Gasteiger partial charge in [-0.3, -0.25) is 9.59 Å². The smallest absolute Gasteiger partial charge is 0.278 e. The second-order valence-corrected chi connectivity index (χ2v) is 5.23. The van der Waals surface area contributed by atoms with Crippen molar-refractivity contribution in [1.82, 2.24) is 14.5 Å². The van der Waals surface area contributed by atoms with E-state index in [1.165, 1.54) is 35.2 Å². The van der Waals surface area contributed by atoms with Gasteiger partial charge in [0.25, 0.3) is 11.5 Å². The summed E-state index contributed by atoms with van der Waals surface area (Å²) >= 11 is 0. The highest BCUT2D eigenvalue weighted by Crippen LogP contribution is 2.08. The number of nitrogen functional groups attached to an aromatic ring is 1. The molecule has 0 aliphatic rings. The molecule has 25 heavy (non-hydrogen) atoms. The Bertz CT molecular complexity index is 969. The second-order valence-electron chi connectivity index (χ2n) is 5.23. The van der Waals surface area contributed by atoms with E-state index in [1.807, 2.05) is 0 Å². The van der Waals surface area contributed by atoms with Gasteiger partial charge in [-0.1, -0.05) is 12.1 Å². The molecule has 2 heterocycles. The van der Waals surface area contributed by atoms with Crippen LogP contribution in [0.4, 0.5) is 15.9 Å². The largest absolute Gasteiger partial charge is 0.382 e. The molecule has 3 aromatic rings. The zero-order valence-electron chi connectivity index (χ0n) is 13.0. The number of pyridine rings is 1. The molecule has 0 saturated carbocycles. The van der Waals surface area contributed by atoms with Crippen molar-refractivity contribution >= 4 is 17.4 Å². The first-order chi connectivity index (χ1) is 12.0. The van der Waals surface area contributed by atoms with Gasteiger partial charge in [-0.2, -0.15) is 0 Å². The van der Waals surface area contributed by atoms with Gasteiger partial charge in [0.05, 0.1) is 6.54 Å². The highest BCUT2D eigenvalue weighted by atomic mass is 19.1. The van der Waals surface area contributed by atoms with Crippen molar-refractivity contribution in [2.24, 2.45) is 0 Å². The third-order valence-electron chi connectivity index (χ3n) is 3.48. The first kappa shape index (κ1) is 16.3. The summed E-state index contributed by atoms with van der Waals surface area (Å²) in [4.78, 5) is 32.4. The minimum Gasteiger partial charge on any atom is -0.382 e. The molecular formula is C17H14FN5O2. The fourth-order valence-corrected chi connectivity index (χ4v) is 2.25. The lowest BCUT2D eigenvalue weighted by atomic mass is 10.2. The molecular weight excluding hydrogens is 325 g/mol. The Kier molecular flexibility index (Phi) is 4.51. The van der Waals surface area contributed by atoms with Crippen molar-refractivity contribution in [3.05, 3.63) is 82.4 Å². The van der Waals surface area contributed by atoms with Gasteiger partial charge in [-0.05, 0) is 29.8 Å². The predicted octanol–water partition coefficient (Wildman–Crippen LogP) is 1.66. The second kappa shape index (κ2) is 6.91. The lowest BCUT2D eigenvalue weighted by Crippen LogP contribution is -2.26. The highest BCUT2D eigenvalue weighted by molar-refractivity contribution is 6.05. The molecule has 0 aliphatic carbocycles. The van der Waals surface area contributed by atoms with E-state index in [0.717, 1.165) is 5.56 Å². The van der Waals surface area contributed by atoms with Gasteiger partial charge < -0.3 is 15.6 Å². The number of halogens is 1. The number of nitrogens with two attached hydrogens (primary N) is 1. The Hall–Kier alpha value is -3.55. The fourth-order valence-electron chi connectivity index (χ4n) is 2.25. The topological polar surface area (TPSA) is 103 Å². The van der Waals surface area contributed by atoms with Gasteiger partial charge in [-0.25, -0.2) is 14.4 Å². The van der Waals surface area contributed by atoms with Crippen molar-refractivity contribution < 1.29 is 9.18 Å². The summed E-state index contributed by atoms with van der Waals surface area (Å²) < 4.78 is 14.4. The highest BCUT2D eigenvalue weighted by Gasteiger charge is 2.14. The molecule has 2 aromatic heterocycles. The summed E-state index contributed by atoms with van der Waals surface area (Å²) in [6.45, 7) is 0.246. The predicted molar refractivity (Wildman–Crippen MR) is 90.6 cm³/mol. The average molecular weight is 339 g/mol. The molecule has 1 amide bonds. The minimum absolute atomic E-state index is 0.0254. The van der Waals surface area contributed by atoms with Gasteiger partial charge in [-0.15, -0.1) is 0 Å². The quantitative estimate of drug-likeness (QED) is 0.752. The number of amides is 1. The van der Waals surface area contributed by atoms with Gasteiger partial charge in [0, 0.05) is 18.6 Å². The number of carbonyl (C=O) groups excluding carboxylic acids is 1. The van der Waals surface area contributed by atoms with Gasteiger partial charge in [0.2, 0.25) is 0 Å². The lowest BCUT2D eigenvalue weighted by Gasteiger charge is -2.09. The van der Waals surface area contributed by atoms with Crippen LogP contribution in [-0.2, 0) is 6.54 Å². The fraction of sp³-hybridized carbons (Fsp3) is 0.0588. The van der Waals surface area contributed by atoms with Crippen molar-refractivity contribution in [3.8, 4) is 0 Å². The first-order valence-electron chi connectivity index (χ1n) is 7.36. The molecule has 126 valence electrons. The number of hydrogen-bond donors (Lipinski definition) is 2. The van der Waals surface area contributed by atoms with Gasteiger partial charge >= 0.3 is 0 Å². The Morgan fingerprint density at radius 3 is 2.60 bits per heavy atom. The third kappa shape index (κ3) is 3.69. The number of anilines is 2. The Morgan fingerprint density at radius 1 is 1.16 bits per heavy atom. The molecule has 3 N–H and O–H groups in total. The standard InChI is InChI=1S/C17H14FN5O2/c18-12-5-3-11(4-6-12)10-23-9-1-2-13(17(23)25)22-16(24)14-15(19)21-8-7-20-14/h1-9H,10H2,(H2,19,21)(H,22,24). The van der Waals surface area contributed by atoms with Crippen LogP contribution in [0.25, 0.3) is 0 Å². The summed E-state index contributed by atoms with van der Waals surface area (Å²) in [7, 11) is 0. The number of hydrogen-bond acceptors (Lipinski definition) is 5. The van der Waals surface area contributed by atoms with Crippen LogP contribution in [0.15, 0.2) is 59.8 Å². The number of nitrogens with one attached hydrogen (secondary N) is 1. The molecule has 0 radical (unpaired) electrons. The first-order valence-corrected chi connectivity index (χ1v) is 7.36. The zero-order valence-corrected chi connectivity index (χ0v) is 13.0. The van der Waals surface area contributed by atoms with Crippen LogP contribution in [0.2, 0.25) is 0 Å². The van der Waals surface area contributed by atoms with Crippen LogP contribution >= 0.6 is 0 Å². The number of rotatable bonds is 4. The SMILES string of the molecule is Nc1nccnc1C(=O)Nc1cccn(Cc2ccc(F)cc2)c1=O. The van der Waals surface area contributed by atoms with Crippen LogP contribution < -0.4 is 16.6 Å². The summed E-state index contributed by atoms with van der Waals surface area (Å²) in [6, 6.07) is 8.93. The number of aromatic nitrogens is 3. The van der Waals surface area contributed by atoms with Crippen molar-refractivity contribution in [3.63, 3.8) is 0 Å². The van der Waals surface area contributed by atoms with Crippen LogP contribution in [0, 0.1) is 5.82 Å². The molecule has 8 heteroatoms. The number of carbonyl (C=O) groups is 1.